The summed E-state index contributed by atoms with van der Waals surface area (Å²) in [4.78, 5) is 35.4. The van der Waals surface area contributed by atoms with Gasteiger partial charge in [-0.3, -0.25) is 14.0 Å². The summed E-state index contributed by atoms with van der Waals surface area (Å²) in [7, 11) is 0. The van der Waals surface area contributed by atoms with Crippen LogP contribution in [0, 0.1) is 5.92 Å². The van der Waals surface area contributed by atoms with Gasteiger partial charge < -0.3 is 20.4 Å². The number of nitrogens with zero attached hydrogens (tertiary/aromatic N) is 5. The first-order chi connectivity index (χ1) is 17.4. The summed E-state index contributed by atoms with van der Waals surface area (Å²) in [6, 6.07) is 7.46. The lowest BCUT2D eigenvalue weighted by atomic mass is 9.95. The number of piperazine rings is 1. The molecule has 2 aliphatic rings. The molecule has 3 aromatic rings. The van der Waals surface area contributed by atoms with Gasteiger partial charge in [0, 0.05) is 86.0 Å². The minimum atomic E-state index is 0.00399. The van der Waals surface area contributed by atoms with Gasteiger partial charge in [0.15, 0.2) is 0 Å². The molecule has 0 spiro atoms. The molecule has 0 saturated carbocycles. The van der Waals surface area contributed by atoms with Crippen molar-refractivity contribution in [1.29, 1.82) is 0 Å². The zero-order chi connectivity index (χ0) is 25.4. The molecule has 2 N–H and O–H groups in total. The highest BCUT2D eigenvalue weighted by atomic mass is 35.5. The third-order valence-electron chi connectivity index (χ3n) is 7.36. The Hall–Kier alpha value is -2.81. The first kappa shape index (κ1) is 24.9. The van der Waals surface area contributed by atoms with Crippen LogP contribution in [-0.2, 0) is 16.1 Å². The number of fused-ring (bicyclic) bond motifs is 1. The lowest BCUT2D eigenvalue weighted by Crippen LogP contribution is -2.52. The Balaban J connectivity index is 1.32. The summed E-state index contributed by atoms with van der Waals surface area (Å²) in [6.45, 7) is 6.05. The first-order valence-electron chi connectivity index (χ1n) is 12.3. The van der Waals surface area contributed by atoms with Gasteiger partial charge in [-0.05, 0) is 36.6 Å². The molecular formula is C26H30Cl2N6O2. The van der Waals surface area contributed by atoms with Crippen molar-refractivity contribution in [2.24, 2.45) is 11.7 Å². The van der Waals surface area contributed by atoms with Crippen molar-refractivity contribution in [3.05, 3.63) is 52.3 Å². The number of nitrogens with two attached hydrogens (primary N) is 1. The van der Waals surface area contributed by atoms with Gasteiger partial charge >= 0.3 is 0 Å². The summed E-state index contributed by atoms with van der Waals surface area (Å²) < 4.78 is 2.06. The molecule has 0 bridgehead atoms. The SMILES string of the molecule is CC(=O)N1CCC(C(=O)N2CCN(c3cnc4cc(CN)c(-c5ccc(Cl)cc5Cl)cn34)CC2)CC1. The van der Waals surface area contributed by atoms with Gasteiger partial charge in [-0.15, -0.1) is 0 Å². The Morgan fingerprint density at radius 3 is 2.36 bits per heavy atom. The number of pyridine rings is 1. The van der Waals surface area contributed by atoms with Crippen LogP contribution in [0.2, 0.25) is 10.0 Å². The van der Waals surface area contributed by atoms with E-state index in [4.69, 9.17) is 28.9 Å². The average molecular weight is 529 g/mol. The van der Waals surface area contributed by atoms with Crippen LogP contribution >= 0.6 is 23.2 Å². The van der Waals surface area contributed by atoms with E-state index in [1.165, 1.54) is 0 Å². The van der Waals surface area contributed by atoms with Crippen LogP contribution in [0.3, 0.4) is 0 Å². The van der Waals surface area contributed by atoms with Gasteiger partial charge in [-0.25, -0.2) is 4.98 Å². The Kier molecular flexibility index (Phi) is 7.10. The highest BCUT2D eigenvalue weighted by Crippen LogP contribution is 2.34. The van der Waals surface area contributed by atoms with Crippen molar-refractivity contribution >= 4 is 46.5 Å². The number of amides is 2. The fourth-order valence-corrected chi connectivity index (χ4v) is 5.77. The third-order valence-corrected chi connectivity index (χ3v) is 7.91. The average Bonchev–Trinajstić information content (AvgIpc) is 3.30. The van der Waals surface area contributed by atoms with Crippen molar-refractivity contribution in [3.8, 4) is 11.1 Å². The maximum atomic E-state index is 13.1. The zero-order valence-electron chi connectivity index (χ0n) is 20.3. The molecule has 0 radical (unpaired) electrons. The number of likely N-dealkylation sites (tertiary alicyclic amines) is 1. The molecule has 2 aliphatic heterocycles. The molecule has 2 aromatic heterocycles. The van der Waals surface area contributed by atoms with Gasteiger partial charge in [0.2, 0.25) is 11.8 Å². The number of carbonyl (C=O) groups excluding carboxylic acids is 2. The second-order valence-corrected chi connectivity index (χ2v) is 10.3. The van der Waals surface area contributed by atoms with Crippen molar-refractivity contribution < 1.29 is 9.59 Å². The van der Waals surface area contributed by atoms with E-state index >= 15 is 0 Å². The predicted molar refractivity (Wildman–Crippen MR) is 142 cm³/mol. The van der Waals surface area contributed by atoms with Crippen molar-refractivity contribution in [2.75, 3.05) is 44.2 Å². The lowest BCUT2D eigenvalue weighted by Gasteiger charge is -2.39. The minimum absolute atomic E-state index is 0.00399. The number of carbonyl (C=O) groups is 2. The quantitative estimate of drug-likeness (QED) is 0.558. The molecular weight excluding hydrogens is 499 g/mol. The maximum absolute atomic E-state index is 13.1. The highest BCUT2D eigenvalue weighted by molar-refractivity contribution is 6.36. The number of rotatable bonds is 4. The molecule has 8 nitrogen and oxygen atoms in total. The highest BCUT2D eigenvalue weighted by Gasteiger charge is 2.31. The van der Waals surface area contributed by atoms with Gasteiger partial charge in [-0.1, -0.05) is 29.3 Å². The van der Waals surface area contributed by atoms with Gasteiger partial charge in [0.25, 0.3) is 0 Å². The number of aromatic nitrogens is 2. The van der Waals surface area contributed by atoms with E-state index in [-0.39, 0.29) is 17.7 Å². The molecule has 2 fully saturated rings. The van der Waals surface area contributed by atoms with Crippen molar-refractivity contribution in [3.63, 3.8) is 0 Å². The van der Waals surface area contributed by atoms with Crippen LogP contribution in [-0.4, -0.2) is 70.3 Å². The number of hydrogen-bond donors (Lipinski definition) is 1. The topological polar surface area (TPSA) is 87.2 Å². The second-order valence-electron chi connectivity index (χ2n) is 9.48. The Labute approximate surface area is 220 Å². The predicted octanol–water partition coefficient (Wildman–Crippen LogP) is 3.67. The summed E-state index contributed by atoms with van der Waals surface area (Å²) in [6.07, 6.45) is 5.39. The molecule has 36 heavy (non-hydrogen) atoms. The van der Waals surface area contributed by atoms with Crippen LogP contribution in [0.1, 0.15) is 25.3 Å². The number of piperidine rings is 1. The molecule has 0 atom stereocenters. The number of anilines is 1. The van der Waals surface area contributed by atoms with Crippen LogP contribution in [0.5, 0.6) is 0 Å². The molecule has 1 aromatic carbocycles. The number of imidazole rings is 1. The van der Waals surface area contributed by atoms with E-state index in [1.54, 1.807) is 13.0 Å². The normalized spacial score (nSPS) is 17.2. The Bertz CT molecular complexity index is 1290. The van der Waals surface area contributed by atoms with Crippen LogP contribution in [0.25, 0.3) is 16.8 Å². The summed E-state index contributed by atoms with van der Waals surface area (Å²) in [5, 5.41) is 1.15. The molecule has 10 heteroatoms. The van der Waals surface area contributed by atoms with E-state index in [9.17, 15) is 9.59 Å². The summed E-state index contributed by atoms with van der Waals surface area (Å²) in [5.74, 6) is 1.27. The zero-order valence-corrected chi connectivity index (χ0v) is 21.8. The van der Waals surface area contributed by atoms with Crippen LogP contribution in [0.4, 0.5) is 5.82 Å². The number of halogens is 2. The van der Waals surface area contributed by atoms with E-state index in [0.717, 1.165) is 54.1 Å². The Morgan fingerprint density at radius 2 is 1.72 bits per heavy atom. The van der Waals surface area contributed by atoms with Crippen molar-refractivity contribution in [2.45, 2.75) is 26.3 Å². The monoisotopic (exact) mass is 528 g/mol. The number of hydrogen-bond acceptors (Lipinski definition) is 5. The largest absolute Gasteiger partial charge is 0.353 e. The molecule has 5 rings (SSSR count). The van der Waals surface area contributed by atoms with Gasteiger partial charge in [-0.2, -0.15) is 0 Å². The number of benzene rings is 1. The standard InChI is InChI=1S/C26H30Cl2N6O2/c1-17(35)31-6-4-18(5-7-31)26(36)33-10-8-32(9-11-33)25-15-30-24-12-19(14-29)22(16-34(24)25)21-3-2-20(27)13-23(21)28/h2-3,12-13,15-16,18H,4-11,14,29H2,1H3. The fourth-order valence-electron chi connectivity index (χ4n) is 5.26. The molecule has 190 valence electrons. The first-order valence-corrected chi connectivity index (χ1v) is 13.1. The molecule has 2 amide bonds. The molecule has 2 saturated heterocycles. The van der Waals surface area contributed by atoms with Gasteiger partial charge in [0.1, 0.15) is 11.5 Å². The van der Waals surface area contributed by atoms with E-state index in [1.807, 2.05) is 40.4 Å². The van der Waals surface area contributed by atoms with Crippen LogP contribution < -0.4 is 10.6 Å². The van der Waals surface area contributed by atoms with Crippen LogP contribution in [0.15, 0.2) is 36.7 Å². The summed E-state index contributed by atoms with van der Waals surface area (Å²) in [5.41, 5.74) is 9.64. The minimum Gasteiger partial charge on any atom is -0.353 e. The maximum Gasteiger partial charge on any atom is 0.225 e. The van der Waals surface area contributed by atoms with Gasteiger partial charge in [0.05, 0.1) is 6.20 Å². The lowest BCUT2D eigenvalue weighted by molar-refractivity contribution is -0.140. The van der Waals surface area contributed by atoms with Crippen molar-refractivity contribution in [1.82, 2.24) is 19.2 Å². The third kappa shape index (κ3) is 4.77. The Morgan fingerprint density at radius 1 is 1.00 bits per heavy atom. The summed E-state index contributed by atoms with van der Waals surface area (Å²) >= 11 is 12.6. The molecule has 4 heterocycles. The molecule has 0 aliphatic carbocycles. The van der Waals surface area contributed by atoms with E-state index in [2.05, 4.69) is 14.3 Å². The van der Waals surface area contributed by atoms with E-state index < -0.39 is 0 Å². The smallest absolute Gasteiger partial charge is 0.225 e. The van der Waals surface area contributed by atoms with E-state index in [0.29, 0.717) is 42.8 Å². The second kappa shape index (κ2) is 10.3. The molecule has 0 unspecified atom stereocenters. The fraction of sp³-hybridized carbons (Fsp3) is 0.423.